The molecule has 6 atom stereocenters. The standard InChI is InChI=1S/C15H21N3O9/c1-6(19)24-11-10(17-18-16)12(25-7(2)20)14(26-8(3)21)15(13(11)23-5)27-9(4)22/h10-15H,1-5H3/t10-,11-,12-,13-,14+,15+/m1/s1. The van der Waals surface area contributed by atoms with Crippen LogP contribution in [0.3, 0.4) is 0 Å². The molecule has 0 spiro atoms. The molecule has 0 aliphatic heterocycles. The van der Waals surface area contributed by atoms with Crippen LogP contribution in [-0.2, 0) is 42.9 Å². The van der Waals surface area contributed by atoms with Gasteiger partial charge in [-0.3, -0.25) is 19.2 Å². The highest BCUT2D eigenvalue weighted by atomic mass is 16.6. The Hall–Kier alpha value is -2.85. The van der Waals surface area contributed by atoms with Crippen molar-refractivity contribution in [1.29, 1.82) is 0 Å². The normalized spacial score (nSPS) is 29.7. The lowest BCUT2D eigenvalue weighted by atomic mass is 9.82. The van der Waals surface area contributed by atoms with Crippen LogP contribution in [0.2, 0.25) is 0 Å². The zero-order chi connectivity index (χ0) is 20.7. The van der Waals surface area contributed by atoms with Gasteiger partial charge in [0.15, 0.2) is 18.3 Å². The first-order chi connectivity index (χ1) is 12.6. The van der Waals surface area contributed by atoms with Crippen molar-refractivity contribution >= 4 is 23.9 Å². The molecule has 12 nitrogen and oxygen atoms in total. The van der Waals surface area contributed by atoms with Crippen molar-refractivity contribution in [2.75, 3.05) is 7.11 Å². The highest BCUT2D eigenvalue weighted by Gasteiger charge is 2.57. The molecule has 0 aromatic rings. The highest BCUT2D eigenvalue weighted by Crippen LogP contribution is 2.34. The first-order valence-corrected chi connectivity index (χ1v) is 7.88. The Morgan fingerprint density at radius 3 is 1.37 bits per heavy atom. The van der Waals surface area contributed by atoms with Gasteiger partial charge in [-0.05, 0) is 5.53 Å². The zero-order valence-electron chi connectivity index (χ0n) is 15.5. The first kappa shape index (κ1) is 22.2. The average molecular weight is 387 g/mol. The van der Waals surface area contributed by atoms with E-state index in [2.05, 4.69) is 10.0 Å². The van der Waals surface area contributed by atoms with Gasteiger partial charge in [0.05, 0.1) is 0 Å². The molecule has 0 radical (unpaired) electrons. The number of methoxy groups -OCH3 is 1. The molecule has 0 bridgehead atoms. The predicted octanol–water partition coefficient (Wildman–Crippen LogP) is 0.421. The highest BCUT2D eigenvalue weighted by molar-refractivity contribution is 5.69. The Morgan fingerprint density at radius 2 is 1.04 bits per heavy atom. The quantitative estimate of drug-likeness (QED) is 0.206. The maximum Gasteiger partial charge on any atom is 0.303 e. The van der Waals surface area contributed by atoms with Crippen molar-refractivity contribution in [3.8, 4) is 0 Å². The molecule has 1 fully saturated rings. The fourth-order valence-electron chi connectivity index (χ4n) is 2.90. The van der Waals surface area contributed by atoms with E-state index in [0.29, 0.717) is 0 Å². The number of hydrogen-bond donors (Lipinski definition) is 0. The molecular weight excluding hydrogens is 366 g/mol. The SMILES string of the molecule is CO[C@H]1[C@H](OC(C)=O)[C@@H](OC(C)=O)[C@H](OC(C)=O)[C@H](N=[N+]=[N-])[C@H]1OC(C)=O. The monoisotopic (exact) mass is 387 g/mol. The van der Waals surface area contributed by atoms with Crippen LogP contribution in [0.1, 0.15) is 27.7 Å². The Morgan fingerprint density at radius 1 is 0.704 bits per heavy atom. The van der Waals surface area contributed by atoms with Gasteiger partial charge in [-0.1, -0.05) is 5.11 Å². The molecular formula is C15H21N3O9. The lowest BCUT2D eigenvalue weighted by Crippen LogP contribution is -2.67. The van der Waals surface area contributed by atoms with Crippen LogP contribution >= 0.6 is 0 Å². The van der Waals surface area contributed by atoms with Crippen LogP contribution in [-0.4, -0.2) is 67.5 Å². The van der Waals surface area contributed by atoms with Gasteiger partial charge in [-0.2, -0.15) is 0 Å². The summed E-state index contributed by atoms with van der Waals surface area (Å²) < 4.78 is 26.0. The molecule has 1 aliphatic carbocycles. The van der Waals surface area contributed by atoms with E-state index in [1.807, 2.05) is 0 Å². The van der Waals surface area contributed by atoms with Gasteiger partial charge in [-0.15, -0.1) is 0 Å². The van der Waals surface area contributed by atoms with Crippen molar-refractivity contribution in [2.45, 2.75) is 64.3 Å². The number of esters is 4. The second-order valence-electron chi connectivity index (χ2n) is 5.69. The molecule has 12 heteroatoms. The summed E-state index contributed by atoms with van der Waals surface area (Å²) in [5.41, 5.74) is 8.90. The van der Waals surface area contributed by atoms with E-state index in [1.165, 1.54) is 7.11 Å². The molecule has 1 rings (SSSR count). The van der Waals surface area contributed by atoms with Gasteiger partial charge >= 0.3 is 23.9 Å². The Kier molecular flexibility index (Phi) is 8.00. The van der Waals surface area contributed by atoms with Crippen molar-refractivity contribution < 1.29 is 42.9 Å². The van der Waals surface area contributed by atoms with Crippen molar-refractivity contribution in [3.63, 3.8) is 0 Å². The van der Waals surface area contributed by atoms with Gasteiger partial charge in [-0.25, -0.2) is 0 Å². The number of ether oxygens (including phenoxy) is 5. The summed E-state index contributed by atoms with van der Waals surface area (Å²) in [6.45, 7) is 4.40. The number of carbonyl (C=O) groups excluding carboxylic acids is 4. The fraction of sp³-hybridized carbons (Fsp3) is 0.733. The maximum atomic E-state index is 11.6. The van der Waals surface area contributed by atoms with Gasteiger partial charge in [0, 0.05) is 39.7 Å². The number of hydrogen-bond acceptors (Lipinski definition) is 10. The Labute approximate surface area is 154 Å². The minimum atomic E-state index is -1.39. The predicted molar refractivity (Wildman–Crippen MR) is 85.9 cm³/mol. The number of rotatable bonds is 6. The van der Waals surface area contributed by atoms with Crippen molar-refractivity contribution in [3.05, 3.63) is 10.4 Å². The molecule has 0 amide bonds. The second kappa shape index (κ2) is 9.74. The largest absolute Gasteiger partial charge is 0.459 e. The summed E-state index contributed by atoms with van der Waals surface area (Å²) in [6, 6.07) is -1.30. The number of azide groups is 1. The third-order valence-corrected chi connectivity index (χ3v) is 3.63. The van der Waals surface area contributed by atoms with Gasteiger partial charge < -0.3 is 23.7 Å². The molecule has 27 heavy (non-hydrogen) atoms. The molecule has 1 aliphatic rings. The van der Waals surface area contributed by atoms with E-state index < -0.39 is 60.4 Å². The van der Waals surface area contributed by atoms with E-state index in [4.69, 9.17) is 29.2 Å². The van der Waals surface area contributed by atoms with Crippen LogP contribution in [0, 0.1) is 0 Å². The molecule has 0 N–H and O–H groups in total. The summed E-state index contributed by atoms with van der Waals surface area (Å²) in [5.74, 6) is -3.04. The first-order valence-electron chi connectivity index (χ1n) is 7.88. The summed E-state index contributed by atoms with van der Waals surface area (Å²) in [7, 11) is 1.24. The van der Waals surface area contributed by atoms with Gasteiger partial charge in [0.25, 0.3) is 0 Å². The van der Waals surface area contributed by atoms with Crippen LogP contribution < -0.4 is 0 Å². The van der Waals surface area contributed by atoms with E-state index in [-0.39, 0.29) is 0 Å². The molecule has 0 unspecified atom stereocenters. The third-order valence-electron chi connectivity index (χ3n) is 3.63. The summed E-state index contributed by atoms with van der Waals surface area (Å²) in [5, 5.41) is 3.54. The van der Waals surface area contributed by atoms with E-state index >= 15 is 0 Å². The van der Waals surface area contributed by atoms with Gasteiger partial charge in [0.1, 0.15) is 18.2 Å². The van der Waals surface area contributed by atoms with E-state index in [9.17, 15) is 19.2 Å². The summed E-state index contributed by atoms with van der Waals surface area (Å²) in [4.78, 5) is 48.9. The Bertz CT molecular complexity index is 646. The molecule has 0 aromatic carbocycles. The van der Waals surface area contributed by atoms with Crippen LogP contribution in [0.4, 0.5) is 0 Å². The smallest absolute Gasteiger partial charge is 0.303 e. The zero-order valence-corrected chi connectivity index (χ0v) is 15.5. The molecule has 0 saturated heterocycles. The maximum absolute atomic E-state index is 11.6. The molecule has 0 aromatic heterocycles. The van der Waals surface area contributed by atoms with Crippen molar-refractivity contribution in [1.82, 2.24) is 0 Å². The molecule has 150 valence electrons. The third kappa shape index (κ3) is 5.83. The van der Waals surface area contributed by atoms with E-state index in [1.54, 1.807) is 0 Å². The summed E-state index contributed by atoms with van der Waals surface area (Å²) in [6.07, 6.45) is -6.48. The minimum Gasteiger partial charge on any atom is -0.459 e. The van der Waals surface area contributed by atoms with Crippen molar-refractivity contribution in [2.24, 2.45) is 5.11 Å². The average Bonchev–Trinajstić information content (AvgIpc) is 2.52. The second-order valence-corrected chi connectivity index (χ2v) is 5.69. The number of carbonyl (C=O) groups is 4. The minimum absolute atomic E-state index is 0.741. The molecule has 0 heterocycles. The van der Waals surface area contributed by atoms with Crippen LogP contribution in [0.5, 0.6) is 0 Å². The molecule has 1 saturated carbocycles. The lowest BCUT2D eigenvalue weighted by Gasteiger charge is -2.46. The van der Waals surface area contributed by atoms with Crippen LogP contribution in [0.25, 0.3) is 10.4 Å². The van der Waals surface area contributed by atoms with E-state index in [0.717, 1.165) is 27.7 Å². The summed E-state index contributed by atoms with van der Waals surface area (Å²) >= 11 is 0. The Balaban J connectivity index is 3.54. The lowest BCUT2D eigenvalue weighted by molar-refractivity contribution is -0.232. The van der Waals surface area contributed by atoms with Crippen LogP contribution in [0.15, 0.2) is 5.11 Å². The fourth-order valence-corrected chi connectivity index (χ4v) is 2.90. The number of nitrogens with zero attached hydrogens (tertiary/aromatic N) is 3. The topological polar surface area (TPSA) is 163 Å². The van der Waals surface area contributed by atoms with Gasteiger partial charge in [0.2, 0.25) is 0 Å².